The maximum Gasteiger partial charge on any atom is 0.274 e. The molecule has 4 N–H and O–H groups in total. The van der Waals surface area contributed by atoms with E-state index in [2.05, 4.69) is 14.4 Å². The lowest BCUT2D eigenvalue weighted by Gasteiger charge is -2.25. The van der Waals surface area contributed by atoms with Crippen molar-refractivity contribution < 1.29 is 16.8 Å². The van der Waals surface area contributed by atoms with Crippen molar-refractivity contribution in [2.45, 2.75) is 30.2 Å². The molecule has 0 fully saturated rings. The summed E-state index contributed by atoms with van der Waals surface area (Å²) in [5.41, 5.74) is 1.32. The summed E-state index contributed by atoms with van der Waals surface area (Å²) in [6.45, 7) is 3.25. The molecule has 0 aromatic heterocycles. The van der Waals surface area contributed by atoms with E-state index in [1.54, 1.807) is 26.0 Å². The van der Waals surface area contributed by atoms with Crippen molar-refractivity contribution in [2.75, 3.05) is 13.1 Å². The van der Waals surface area contributed by atoms with Gasteiger partial charge in [-0.3, -0.25) is 0 Å². The van der Waals surface area contributed by atoms with E-state index in [0.29, 0.717) is 15.8 Å². The minimum atomic E-state index is -4.12. The lowest BCUT2D eigenvalue weighted by molar-refractivity contribution is 0.439. The second-order valence-electron chi connectivity index (χ2n) is 9.77. The second-order valence-corrected chi connectivity index (χ2v) is 13.6. The van der Waals surface area contributed by atoms with Crippen LogP contribution in [0.15, 0.2) is 93.9 Å². The zero-order valence-corrected chi connectivity index (χ0v) is 24.8. The fraction of sp³-hybridized carbons (Fsp3) is 0.231. The summed E-state index contributed by atoms with van der Waals surface area (Å²) in [5, 5.41) is 12.4. The van der Waals surface area contributed by atoms with E-state index >= 15 is 0 Å². The zero-order chi connectivity index (χ0) is 29.1. The first kappa shape index (κ1) is 30.0. The van der Waals surface area contributed by atoms with Crippen LogP contribution in [-0.4, -0.2) is 52.1 Å². The number of benzene rings is 3. The summed E-state index contributed by atoms with van der Waals surface area (Å²) in [4.78, 5) is 4.44. The highest BCUT2D eigenvalue weighted by Gasteiger charge is 2.34. The molecule has 0 unspecified atom stereocenters. The molecule has 212 valence electrons. The average molecular weight is 624 g/mol. The van der Waals surface area contributed by atoms with Crippen molar-refractivity contribution in [3.8, 4) is 0 Å². The van der Waals surface area contributed by atoms with Gasteiger partial charge in [0, 0.05) is 21.5 Å². The van der Waals surface area contributed by atoms with Crippen LogP contribution in [0.3, 0.4) is 0 Å². The molecule has 1 aliphatic rings. The molecule has 14 heteroatoms. The van der Waals surface area contributed by atoms with Crippen LogP contribution in [0.1, 0.15) is 30.9 Å². The molecule has 0 radical (unpaired) electrons. The Balaban J connectivity index is 1.76. The van der Waals surface area contributed by atoms with Gasteiger partial charge < -0.3 is 0 Å². The number of sulfonamides is 1. The molecular formula is C26H28Cl2N6O4S2. The Morgan fingerprint density at radius 3 is 2.12 bits per heavy atom. The largest absolute Gasteiger partial charge is 0.274 e. The molecule has 1 aliphatic heterocycles. The Bertz CT molecular complexity index is 1630. The summed E-state index contributed by atoms with van der Waals surface area (Å²) < 4.78 is 54.9. The Hall–Kier alpha value is -3.00. The fourth-order valence-electron chi connectivity index (χ4n) is 4.11. The first-order valence-corrected chi connectivity index (χ1v) is 15.8. The Kier molecular flexibility index (Phi) is 8.88. The maximum atomic E-state index is 13.3. The number of hydrazone groups is 1. The number of nitrogens with one attached hydrogen (secondary N) is 2. The van der Waals surface area contributed by atoms with Gasteiger partial charge in [0.1, 0.15) is 0 Å². The van der Waals surface area contributed by atoms with Crippen molar-refractivity contribution in [1.29, 1.82) is 0 Å². The second kappa shape index (κ2) is 11.9. The SMILES string of the molecule is CC(C)(C/N=C(/NS(=O)(=O)c1ccc(Cl)cc1)N1C[C@H](c2ccccc2)C(c2ccc(Cl)cc2)=N1)NS(N)(=O)=O. The van der Waals surface area contributed by atoms with Gasteiger partial charge in [0.25, 0.3) is 20.2 Å². The molecule has 3 aromatic carbocycles. The standard InChI is InChI=1S/C26H28Cl2N6O4S2/c1-26(2,33-40(29,37)38)17-30-25(32-39(35,36)22-14-12-21(28)13-15-22)34-16-23(18-6-4-3-5-7-18)24(31-34)19-8-10-20(27)11-9-19/h3-15,23,33H,16-17H2,1-2H3,(H,30,32)(H2,29,37,38)/t23-/m1/s1. The van der Waals surface area contributed by atoms with E-state index < -0.39 is 25.8 Å². The van der Waals surface area contributed by atoms with Gasteiger partial charge in [-0.05, 0) is 61.4 Å². The van der Waals surface area contributed by atoms with E-state index in [1.807, 2.05) is 42.5 Å². The van der Waals surface area contributed by atoms with Gasteiger partial charge in [0.05, 0.1) is 23.7 Å². The van der Waals surface area contributed by atoms with Crippen LogP contribution in [0.2, 0.25) is 10.0 Å². The van der Waals surface area contributed by atoms with Crippen LogP contribution in [0, 0.1) is 0 Å². The lowest BCUT2D eigenvalue weighted by Crippen LogP contribution is -2.49. The number of aliphatic imine (C=N–C) groups is 1. The molecule has 4 rings (SSSR count). The molecule has 10 nitrogen and oxygen atoms in total. The van der Waals surface area contributed by atoms with Crippen LogP contribution in [0.4, 0.5) is 0 Å². The molecule has 0 bridgehead atoms. The molecule has 1 atom stereocenters. The predicted octanol–water partition coefficient (Wildman–Crippen LogP) is 3.70. The molecule has 40 heavy (non-hydrogen) atoms. The Labute approximate surface area is 244 Å². The zero-order valence-electron chi connectivity index (χ0n) is 21.6. The fourth-order valence-corrected chi connectivity index (χ4v) is 6.22. The smallest absolute Gasteiger partial charge is 0.249 e. The number of nitrogens with two attached hydrogens (primary N) is 1. The van der Waals surface area contributed by atoms with Crippen molar-refractivity contribution >= 4 is 55.1 Å². The molecule has 3 aromatic rings. The number of hydrogen-bond acceptors (Lipinski definition) is 6. The third kappa shape index (κ3) is 7.80. The van der Waals surface area contributed by atoms with E-state index in [0.717, 1.165) is 11.1 Å². The van der Waals surface area contributed by atoms with Crippen molar-refractivity contribution in [3.63, 3.8) is 0 Å². The number of rotatable bonds is 8. The maximum absolute atomic E-state index is 13.3. The van der Waals surface area contributed by atoms with Crippen LogP contribution in [0.25, 0.3) is 0 Å². The molecule has 0 spiro atoms. The summed E-state index contributed by atoms with van der Waals surface area (Å²) in [7, 11) is -8.16. The number of nitrogens with zero attached hydrogens (tertiary/aromatic N) is 3. The van der Waals surface area contributed by atoms with Crippen LogP contribution in [0.5, 0.6) is 0 Å². The van der Waals surface area contributed by atoms with E-state index in [4.69, 9.17) is 33.4 Å². The summed E-state index contributed by atoms with van der Waals surface area (Å²) in [5.74, 6) is -0.327. The quantitative estimate of drug-likeness (QED) is 0.259. The van der Waals surface area contributed by atoms with Crippen molar-refractivity contribution in [1.82, 2.24) is 14.5 Å². The highest BCUT2D eigenvalue weighted by atomic mass is 35.5. The van der Waals surface area contributed by atoms with Crippen LogP contribution in [-0.2, 0) is 20.2 Å². The van der Waals surface area contributed by atoms with E-state index in [9.17, 15) is 16.8 Å². The molecule has 0 saturated heterocycles. The van der Waals surface area contributed by atoms with E-state index in [-0.39, 0.29) is 29.9 Å². The van der Waals surface area contributed by atoms with Gasteiger partial charge >= 0.3 is 0 Å². The van der Waals surface area contributed by atoms with Crippen LogP contribution >= 0.6 is 23.2 Å². The summed E-state index contributed by atoms with van der Waals surface area (Å²) >= 11 is 12.1. The van der Waals surface area contributed by atoms with Gasteiger partial charge in [-0.25, -0.2) is 28.3 Å². The van der Waals surface area contributed by atoms with Crippen molar-refractivity contribution in [2.24, 2.45) is 15.2 Å². The highest BCUT2D eigenvalue weighted by Crippen LogP contribution is 2.30. The lowest BCUT2D eigenvalue weighted by atomic mass is 9.91. The summed E-state index contributed by atoms with van der Waals surface area (Å²) in [6.07, 6.45) is 0. The number of guanidine groups is 1. The van der Waals surface area contributed by atoms with Gasteiger partial charge in [0.2, 0.25) is 5.96 Å². The molecule has 0 saturated carbocycles. The minimum Gasteiger partial charge on any atom is -0.249 e. The highest BCUT2D eigenvalue weighted by molar-refractivity contribution is 7.90. The van der Waals surface area contributed by atoms with E-state index in [1.165, 1.54) is 29.3 Å². The monoisotopic (exact) mass is 622 g/mol. The number of hydrogen-bond donors (Lipinski definition) is 3. The Morgan fingerprint density at radius 2 is 1.55 bits per heavy atom. The third-order valence-corrected chi connectivity index (χ3v) is 8.58. The predicted molar refractivity (Wildman–Crippen MR) is 158 cm³/mol. The van der Waals surface area contributed by atoms with Gasteiger partial charge in [-0.1, -0.05) is 65.7 Å². The van der Waals surface area contributed by atoms with Crippen LogP contribution < -0.4 is 14.6 Å². The van der Waals surface area contributed by atoms with Gasteiger partial charge in [-0.15, -0.1) is 0 Å². The average Bonchev–Trinajstić information content (AvgIpc) is 3.32. The third-order valence-electron chi connectivity index (χ3n) is 5.89. The first-order valence-electron chi connectivity index (χ1n) is 12.0. The van der Waals surface area contributed by atoms with Crippen molar-refractivity contribution in [3.05, 3.63) is 100 Å². The van der Waals surface area contributed by atoms with Gasteiger partial charge in [-0.2, -0.15) is 18.2 Å². The number of halogens is 2. The Morgan fingerprint density at radius 1 is 0.975 bits per heavy atom. The molecule has 0 amide bonds. The normalized spacial score (nSPS) is 16.6. The minimum absolute atomic E-state index is 0.0350. The molecule has 1 heterocycles. The van der Waals surface area contributed by atoms with Gasteiger partial charge in [0.15, 0.2) is 0 Å². The summed E-state index contributed by atoms with van der Waals surface area (Å²) in [6, 6.07) is 22.5. The molecular weight excluding hydrogens is 595 g/mol. The molecule has 0 aliphatic carbocycles. The topological polar surface area (TPSA) is 146 Å². The first-order chi connectivity index (χ1) is 18.7.